The van der Waals surface area contributed by atoms with E-state index < -0.39 is 6.09 Å². The van der Waals surface area contributed by atoms with Crippen LogP contribution in [-0.2, 0) is 4.74 Å². The summed E-state index contributed by atoms with van der Waals surface area (Å²) in [7, 11) is 1.33. The Bertz CT molecular complexity index is 253. The van der Waals surface area contributed by atoms with E-state index in [0.29, 0.717) is 0 Å². The molecule has 1 rings (SSSR count). The molecule has 0 bridgehead atoms. The Hall–Kier alpha value is -0.460. The summed E-state index contributed by atoms with van der Waals surface area (Å²) >= 11 is 1.62. The van der Waals surface area contributed by atoms with Crippen molar-refractivity contribution in [2.45, 2.75) is 49.6 Å². The third kappa shape index (κ3) is 4.04. The van der Waals surface area contributed by atoms with E-state index >= 15 is 0 Å². The molecule has 5 nitrogen and oxygen atoms in total. The maximum atomic E-state index is 11.1. The van der Waals surface area contributed by atoms with Crippen LogP contribution in [0.25, 0.3) is 0 Å². The normalized spacial score (nSPS) is 30.0. The molecule has 0 spiro atoms. The second kappa shape index (κ2) is 7.08. The minimum absolute atomic E-state index is 0.00343. The highest BCUT2D eigenvalue weighted by molar-refractivity contribution is 8.00. The SMILES string of the molecule is CCCCC(O)[C@@H]1SC[C@H](NC(=O)OC)[C@@H]1N. The van der Waals surface area contributed by atoms with Crippen LogP contribution in [0.3, 0.4) is 0 Å². The van der Waals surface area contributed by atoms with E-state index in [-0.39, 0.29) is 23.4 Å². The molecule has 0 aromatic heterocycles. The molecule has 1 aliphatic rings. The van der Waals surface area contributed by atoms with Gasteiger partial charge in [0.15, 0.2) is 0 Å². The summed E-state index contributed by atoms with van der Waals surface area (Å²) in [5.41, 5.74) is 6.05. The Morgan fingerprint density at radius 3 is 3.00 bits per heavy atom. The molecule has 1 heterocycles. The smallest absolute Gasteiger partial charge is 0.407 e. The van der Waals surface area contributed by atoms with Crippen LogP contribution in [0.1, 0.15) is 26.2 Å². The molecule has 0 radical (unpaired) electrons. The van der Waals surface area contributed by atoms with Gasteiger partial charge in [0.25, 0.3) is 0 Å². The molecule has 1 aliphatic heterocycles. The zero-order valence-electron chi connectivity index (χ0n) is 10.4. The average Bonchev–Trinajstić information content (AvgIpc) is 2.68. The van der Waals surface area contributed by atoms with Crippen LogP contribution < -0.4 is 11.1 Å². The molecule has 4 N–H and O–H groups in total. The number of hydrogen-bond donors (Lipinski definition) is 3. The van der Waals surface area contributed by atoms with Crippen molar-refractivity contribution in [3.8, 4) is 0 Å². The van der Waals surface area contributed by atoms with Crippen LogP contribution in [0, 0.1) is 0 Å². The maximum absolute atomic E-state index is 11.1. The van der Waals surface area contributed by atoms with E-state index in [1.165, 1.54) is 7.11 Å². The van der Waals surface area contributed by atoms with Gasteiger partial charge in [0.1, 0.15) is 0 Å². The minimum atomic E-state index is -0.463. The first-order chi connectivity index (χ1) is 8.10. The van der Waals surface area contributed by atoms with Crippen LogP contribution in [0.5, 0.6) is 0 Å². The minimum Gasteiger partial charge on any atom is -0.453 e. The molecule has 1 unspecified atom stereocenters. The standard InChI is InChI=1S/C11H22N2O3S/c1-3-4-5-8(14)10-9(12)7(6-17-10)13-11(15)16-2/h7-10,14H,3-6,12H2,1-2H3,(H,13,15)/t7-,8?,9-,10-/m0/s1. The maximum Gasteiger partial charge on any atom is 0.407 e. The summed E-state index contributed by atoms with van der Waals surface area (Å²) in [5.74, 6) is 0.726. The highest BCUT2D eigenvalue weighted by Crippen LogP contribution is 2.30. The fraction of sp³-hybridized carbons (Fsp3) is 0.909. The number of alkyl carbamates (subject to hydrolysis) is 1. The number of rotatable bonds is 5. The van der Waals surface area contributed by atoms with E-state index in [0.717, 1.165) is 25.0 Å². The van der Waals surface area contributed by atoms with E-state index in [9.17, 15) is 9.90 Å². The molecule has 0 aliphatic carbocycles. The molecule has 0 aromatic carbocycles. The number of amides is 1. The highest BCUT2D eigenvalue weighted by atomic mass is 32.2. The summed E-state index contributed by atoms with van der Waals surface area (Å²) in [6.45, 7) is 2.09. The number of nitrogens with one attached hydrogen (secondary N) is 1. The van der Waals surface area contributed by atoms with Crippen LogP contribution in [0.2, 0.25) is 0 Å². The Morgan fingerprint density at radius 1 is 1.71 bits per heavy atom. The van der Waals surface area contributed by atoms with Gasteiger partial charge in [0, 0.05) is 17.0 Å². The molecule has 0 saturated carbocycles. The summed E-state index contributed by atoms with van der Waals surface area (Å²) in [6.07, 6.45) is 1.98. The molecular formula is C11H22N2O3S. The number of thioether (sulfide) groups is 1. The van der Waals surface area contributed by atoms with Crippen LogP contribution >= 0.6 is 11.8 Å². The second-order valence-electron chi connectivity index (χ2n) is 4.33. The van der Waals surface area contributed by atoms with Gasteiger partial charge in [-0.05, 0) is 6.42 Å². The van der Waals surface area contributed by atoms with Crippen molar-refractivity contribution in [2.24, 2.45) is 5.73 Å². The third-order valence-corrected chi connectivity index (χ3v) is 4.60. The van der Waals surface area contributed by atoms with E-state index in [1.54, 1.807) is 11.8 Å². The van der Waals surface area contributed by atoms with Crippen molar-refractivity contribution in [1.29, 1.82) is 0 Å². The highest BCUT2D eigenvalue weighted by Gasteiger charge is 2.38. The number of carbonyl (C=O) groups excluding carboxylic acids is 1. The molecule has 0 aromatic rings. The number of aliphatic hydroxyl groups excluding tert-OH is 1. The Kier molecular flexibility index (Phi) is 6.08. The largest absolute Gasteiger partial charge is 0.453 e. The summed E-state index contributed by atoms with van der Waals surface area (Å²) in [5, 5.41) is 12.7. The van der Waals surface area contributed by atoms with E-state index in [4.69, 9.17) is 5.73 Å². The first kappa shape index (κ1) is 14.6. The first-order valence-electron chi connectivity index (χ1n) is 5.99. The molecule has 6 heteroatoms. The predicted molar refractivity (Wildman–Crippen MR) is 69.1 cm³/mol. The quantitative estimate of drug-likeness (QED) is 0.679. The van der Waals surface area contributed by atoms with E-state index in [2.05, 4.69) is 17.0 Å². The summed E-state index contributed by atoms with van der Waals surface area (Å²) in [6, 6.07) is -0.334. The zero-order chi connectivity index (χ0) is 12.8. The molecule has 1 saturated heterocycles. The lowest BCUT2D eigenvalue weighted by Gasteiger charge is -2.24. The van der Waals surface area contributed by atoms with Crippen molar-refractivity contribution in [1.82, 2.24) is 5.32 Å². The van der Waals surface area contributed by atoms with Gasteiger partial charge in [-0.25, -0.2) is 4.79 Å². The Balaban J connectivity index is 2.42. The van der Waals surface area contributed by atoms with Crippen LogP contribution in [-0.4, -0.2) is 47.5 Å². The lowest BCUT2D eigenvalue weighted by molar-refractivity contribution is 0.143. The fourth-order valence-electron chi connectivity index (χ4n) is 1.96. The van der Waals surface area contributed by atoms with Crippen LogP contribution in [0.15, 0.2) is 0 Å². The monoisotopic (exact) mass is 262 g/mol. The molecule has 100 valence electrons. The van der Waals surface area contributed by atoms with Crippen LogP contribution in [0.4, 0.5) is 4.79 Å². The average molecular weight is 262 g/mol. The topological polar surface area (TPSA) is 84.6 Å². The van der Waals surface area contributed by atoms with Crippen molar-refractivity contribution in [3.63, 3.8) is 0 Å². The molecule has 1 amide bonds. The van der Waals surface area contributed by atoms with Crippen molar-refractivity contribution in [3.05, 3.63) is 0 Å². The van der Waals surface area contributed by atoms with Gasteiger partial charge in [0.2, 0.25) is 0 Å². The van der Waals surface area contributed by atoms with Gasteiger partial charge in [-0.1, -0.05) is 19.8 Å². The number of nitrogens with two attached hydrogens (primary N) is 1. The predicted octanol–water partition coefficient (Wildman–Crippen LogP) is 0.705. The number of aliphatic hydroxyl groups is 1. The van der Waals surface area contributed by atoms with Gasteiger partial charge in [0.05, 0.1) is 19.3 Å². The lowest BCUT2D eigenvalue weighted by atomic mass is 10.00. The second-order valence-corrected chi connectivity index (χ2v) is 5.54. The lowest BCUT2D eigenvalue weighted by Crippen LogP contribution is -2.51. The fourth-order valence-corrected chi connectivity index (χ4v) is 3.46. The van der Waals surface area contributed by atoms with Crippen molar-refractivity contribution >= 4 is 17.9 Å². The number of methoxy groups -OCH3 is 1. The summed E-state index contributed by atoms with van der Waals surface area (Å²) < 4.78 is 4.54. The number of hydrogen-bond acceptors (Lipinski definition) is 5. The van der Waals surface area contributed by atoms with E-state index in [1.807, 2.05) is 0 Å². The zero-order valence-corrected chi connectivity index (χ0v) is 11.2. The first-order valence-corrected chi connectivity index (χ1v) is 7.04. The Morgan fingerprint density at radius 2 is 2.41 bits per heavy atom. The number of unbranched alkanes of at least 4 members (excludes halogenated alkanes) is 1. The molecule has 17 heavy (non-hydrogen) atoms. The Labute approximate surface area is 106 Å². The number of carbonyl (C=O) groups is 1. The summed E-state index contributed by atoms with van der Waals surface area (Å²) in [4.78, 5) is 11.1. The van der Waals surface area contributed by atoms with Gasteiger partial charge in [-0.3, -0.25) is 0 Å². The third-order valence-electron chi connectivity index (χ3n) is 3.03. The van der Waals surface area contributed by atoms with Gasteiger partial charge in [-0.15, -0.1) is 0 Å². The van der Waals surface area contributed by atoms with Gasteiger partial charge >= 0.3 is 6.09 Å². The van der Waals surface area contributed by atoms with Gasteiger partial charge < -0.3 is 20.9 Å². The molecule has 4 atom stereocenters. The molecular weight excluding hydrogens is 240 g/mol. The number of ether oxygens (including phenoxy) is 1. The molecule has 1 fully saturated rings. The van der Waals surface area contributed by atoms with Crippen molar-refractivity contribution in [2.75, 3.05) is 12.9 Å². The van der Waals surface area contributed by atoms with Crippen molar-refractivity contribution < 1.29 is 14.6 Å². The van der Waals surface area contributed by atoms with Gasteiger partial charge in [-0.2, -0.15) is 11.8 Å².